The Kier molecular flexibility index (Phi) is 5.06. The van der Waals surface area contributed by atoms with Crippen molar-refractivity contribution in [3.8, 4) is 11.6 Å². The normalized spacial score (nSPS) is 14.0. The molecule has 1 saturated heterocycles. The number of carbonyl (C=O) groups excluding carboxylic acids is 1. The van der Waals surface area contributed by atoms with Crippen LogP contribution in [0, 0.1) is 0 Å². The molecule has 4 aromatic rings. The maximum atomic E-state index is 13.0. The fourth-order valence-electron chi connectivity index (χ4n) is 3.85. The Hall–Kier alpha value is -4.14. The summed E-state index contributed by atoms with van der Waals surface area (Å²) in [7, 11) is 1.51. The zero-order chi connectivity index (χ0) is 22.1. The number of benzene rings is 1. The van der Waals surface area contributed by atoms with E-state index in [4.69, 9.17) is 9.15 Å². The minimum atomic E-state index is -0.666. The number of hydrogen-bond acceptors (Lipinski definition) is 7. The number of aromatic nitrogens is 3. The van der Waals surface area contributed by atoms with Gasteiger partial charge in [-0.25, -0.2) is 4.79 Å². The summed E-state index contributed by atoms with van der Waals surface area (Å²) in [4.78, 5) is 29.3. The molecule has 0 N–H and O–H groups in total. The zero-order valence-electron chi connectivity index (χ0n) is 17.5. The van der Waals surface area contributed by atoms with Gasteiger partial charge in [0.15, 0.2) is 23.0 Å². The summed E-state index contributed by atoms with van der Waals surface area (Å²) in [5, 5.41) is 9.25. The quantitative estimate of drug-likeness (QED) is 0.458. The highest BCUT2D eigenvalue weighted by Crippen LogP contribution is 2.25. The molecule has 1 fully saturated rings. The second-order valence-electron chi connectivity index (χ2n) is 7.45. The van der Waals surface area contributed by atoms with Gasteiger partial charge in [-0.2, -0.15) is 0 Å². The monoisotopic (exact) mass is 431 g/mol. The molecule has 0 aliphatic carbocycles. The highest BCUT2D eigenvalue weighted by atomic mass is 16.5. The Morgan fingerprint density at radius 3 is 2.38 bits per heavy atom. The van der Waals surface area contributed by atoms with Gasteiger partial charge in [-0.1, -0.05) is 12.1 Å². The van der Waals surface area contributed by atoms with Gasteiger partial charge >= 0.3 is 5.63 Å². The first-order valence-corrected chi connectivity index (χ1v) is 10.3. The van der Waals surface area contributed by atoms with Gasteiger partial charge in [-0.05, 0) is 36.4 Å². The first-order chi connectivity index (χ1) is 15.6. The number of hydrogen-bond donors (Lipinski definition) is 0. The molecule has 3 aromatic heterocycles. The van der Waals surface area contributed by atoms with Crippen LogP contribution in [0.1, 0.15) is 10.4 Å². The van der Waals surface area contributed by atoms with E-state index in [0.29, 0.717) is 42.9 Å². The molecule has 0 atom stereocenters. The standard InChI is InChI=1S/C23H21N5O4/c1-31-18-6-4-5-16-15-17(23(30)32-21(16)18)22(29)28-13-11-27(12-14-28)20-8-7-19(24-25-20)26-9-2-3-10-26/h2-10,15H,11-14H2,1H3. The van der Waals surface area contributed by atoms with Crippen LogP contribution in [0.15, 0.2) is 70.1 Å². The minimum absolute atomic E-state index is 0.0232. The number of anilines is 1. The molecule has 1 aromatic carbocycles. The van der Waals surface area contributed by atoms with Crippen LogP contribution < -0.4 is 15.3 Å². The van der Waals surface area contributed by atoms with Crippen LogP contribution in [0.4, 0.5) is 5.82 Å². The van der Waals surface area contributed by atoms with Crippen molar-refractivity contribution in [3.63, 3.8) is 0 Å². The summed E-state index contributed by atoms with van der Waals surface area (Å²) in [6.45, 7) is 2.12. The average Bonchev–Trinajstić information content (AvgIpc) is 3.38. The van der Waals surface area contributed by atoms with Gasteiger partial charge < -0.3 is 23.5 Å². The van der Waals surface area contributed by atoms with Crippen molar-refractivity contribution in [2.45, 2.75) is 0 Å². The first kappa shape index (κ1) is 19.8. The third-order valence-corrected chi connectivity index (χ3v) is 5.57. The lowest BCUT2D eigenvalue weighted by molar-refractivity contribution is 0.0742. The second kappa shape index (κ2) is 8.18. The highest BCUT2D eigenvalue weighted by molar-refractivity contribution is 5.97. The summed E-state index contributed by atoms with van der Waals surface area (Å²) in [6, 6.07) is 14.5. The molecule has 0 saturated carbocycles. The van der Waals surface area contributed by atoms with E-state index in [0.717, 1.165) is 11.6 Å². The SMILES string of the molecule is COc1cccc2cc(C(=O)N3CCN(c4ccc(-n5cccc5)nn4)CC3)c(=O)oc12. The summed E-state index contributed by atoms with van der Waals surface area (Å²) in [5.41, 5.74) is -0.306. The van der Waals surface area contributed by atoms with Crippen molar-refractivity contribution >= 4 is 22.7 Å². The van der Waals surface area contributed by atoms with Gasteiger partial charge in [0.05, 0.1) is 7.11 Å². The number of carbonyl (C=O) groups is 1. The van der Waals surface area contributed by atoms with Gasteiger partial charge in [-0.3, -0.25) is 4.79 Å². The van der Waals surface area contributed by atoms with Gasteiger partial charge in [-0.15, -0.1) is 10.2 Å². The molecule has 0 radical (unpaired) electrons. The predicted molar refractivity (Wildman–Crippen MR) is 119 cm³/mol. The number of ether oxygens (including phenoxy) is 1. The number of para-hydroxylation sites is 1. The maximum Gasteiger partial charge on any atom is 0.349 e. The number of rotatable bonds is 4. The Balaban J connectivity index is 1.29. The van der Waals surface area contributed by atoms with E-state index in [1.165, 1.54) is 7.11 Å². The van der Waals surface area contributed by atoms with Gasteiger partial charge in [0.25, 0.3) is 5.91 Å². The van der Waals surface area contributed by atoms with Crippen molar-refractivity contribution < 1.29 is 13.9 Å². The van der Waals surface area contributed by atoms with Crippen molar-refractivity contribution in [1.29, 1.82) is 0 Å². The van der Waals surface area contributed by atoms with E-state index in [9.17, 15) is 9.59 Å². The van der Waals surface area contributed by atoms with Crippen LogP contribution in [0.3, 0.4) is 0 Å². The molecule has 9 nitrogen and oxygen atoms in total. The molecule has 5 rings (SSSR count). The molecule has 1 aliphatic rings. The van der Waals surface area contributed by atoms with Crippen LogP contribution in [0.25, 0.3) is 16.8 Å². The summed E-state index contributed by atoms with van der Waals surface area (Å²) in [6.07, 6.45) is 3.82. The molecule has 0 spiro atoms. The van der Waals surface area contributed by atoms with Crippen molar-refractivity contribution in [1.82, 2.24) is 19.7 Å². The van der Waals surface area contributed by atoms with Crippen LogP contribution >= 0.6 is 0 Å². The molecular formula is C23H21N5O4. The second-order valence-corrected chi connectivity index (χ2v) is 7.45. The molecule has 162 valence electrons. The largest absolute Gasteiger partial charge is 0.493 e. The molecule has 4 heterocycles. The molecule has 1 amide bonds. The number of piperazine rings is 1. The van der Waals surface area contributed by atoms with Crippen LogP contribution in [0.5, 0.6) is 5.75 Å². The zero-order valence-corrected chi connectivity index (χ0v) is 17.5. The Bertz CT molecular complexity index is 1310. The molecule has 1 aliphatic heterocycles. The third-order valence-electron chi connectivity index (χ3n) is 5.57. The molecular weight excluding hydrogens is 410 g/mol. The van der Waals surface area contributed by atoms with Crippen LogP contribution in [-0.2, 0) is 0 Å². The minimum Gasteiger partial charge on any atom is -0.493 e. The number of amides is 1. The van der Waals surface area contributed by atoms with E-state index in [1.54, 1.807) is 29.2 Å². The Morgan fingerprint density at radius 1 is 0.969 bits per heavy atom. The lowest BCUT2D eigenvalue weighted by atomic mass is 10.1. The predicted octanol–water partition coefficient (Wildman–Crippen LogP) is 2.34. The fraction of sp³-hybridized carbons (Fsp3) is 0.217. The average molecular weight is 431 g/mol. The van der Waals surface area contributed by atoms with E-state index in [-0.39, 0.29) is 11.5 Å². The van der Waals surface area contributed by atoms with Gasteiger partial charge in [0, 0.05) is 44.0 Å². The summed E-state index contributed by atoms with van der Waals surface area (Å²) >= 11 is 0. The lowest BCUT2D eigenvalue weighted by Gasteiger charge is -2.35. The highest BCUT2D eigenvalue weighted by Gasteiger charge is 2.26. The first-order valence-electron chi connectivity index (χ1n) is 10.3. The Labute approximate surface area is 183 Å². The van der Waals surface area contributed by atoms with Crippen LogP contribution in [0.2, 0.25) is 0 Å². The maximum absolute atomic E-state index is 13.0. The number of fused-ring (bicyclic) bond motifs is 1. The molecule has 0 unspecified atom stereocenters. The van der Waals surface area contributed by atoms with Crippen molar-refractivity contribution in [3.05, 3.63) is 76.9 Å². The Morgan fingerprint density at radius 2 is 1.69 bits per heavy atom. The van der Waals surface area contributed by atoms with E-state index in [2.05, 4.69) is 15.1 Å². The number of nitrogens with zero attached hydrogens (tertiary/aromatic N) is 5. The summed E-state index contributed by atoms with van der Waals surface area (Å²) in [5.74, 6) is 1.62. The van der Waals surface area contributed by atoms with Gasteiger partial charge in [0.1, 0.15) is 5.56 Å². The molecule has 0 bridgehead atoms. The van der Waals surface area contributed by atoms with E-state index >= 15 is 0 Å². The smallest absolute Gasteiger partial charge is 0.349 e. The van der Waals surface area contributed by atoms with Crippen molar-refractivity contribution in [2.24, 2.45) is 0 Å². The van der Waals surface area contributed by atoms with E-state index < -0.39 is 5.63 Å². The third kappa shape index (κ3) is 3.58. The van der Waals surface area contributed by atoms with Crippen molar-refractivity contribution in [2.75, 3.05) is 38.2 Å². The summed E-state index contributed by atoms with van der Waals surface area (Å²) < 4.78 is 12.5. The lowest BCUT2D eigenvalue weighted by Crippen LogP contribution is -2.49. The molecule has 32 heavy (non-hydrogen) atoms. The van der Waals surface area contributed by atoms with E-state index in [1.807, 2.05) is 41.2 Å². The number of methoxy groups -OCH3 is 1. The van der Waals surface area contributed by atoms with Crippen LogP contribution in [-0.4, -0.2) is 58.9 Å². The van der Waals surface area contributed by atoms with Gasteiger partial charge in [0.2, 0.25) is 0 Å². The fourth-order valence-corrected chi connectivity index (χ4v) is 3.85. The topological polar surface area (TPSA) is 93.7 Å². The molecule has 9 heteroatoms.